The van der Waals surface area contributed by atoms with Gasteiger partial charge in [0.1, 0.15) is 0 Å². The van der Waals surface area contributed by atoms with Crippen molar-refractivity contribution < 1.29 is 9.59 Å². The molecule has 0 aliphatic heterocycles. The summed E-state index contributed by atoms with van der Waals surface area (Å²) in [5.41, 5.74) is 0. The fourth-order valence-electron chi connectivity index (χ4n) is 0.370. The summed E-state index contributed by atoms with van der Waals surface area (Å²) in [4.78, 5) is 20.8. The van der Waals surface area contributed by atoms with E-state index in [-0.39, 0.29) is 11.7 Å². The highest BCUT2D eigenvalue weighted by Crippen LogP contribution is 1.80. The molecule has 0 saturated carbocycles. The Labute approximate surface area is 60.1 Å². The molecule has 0 radical (unpaired) electrons. The van der Waals surface area contributed by atoms with Crippen molar-refractivity contribution in [1.82, 2.24) is 5.32 Å². The van der Waals surface area contributed by atoms with Crippen molar-refractivity contribution in [3.63, 3.8) is 0 Å². The van der Waals surface area contributed by atoms with Crippen LogP contribution in [0.1, 0.15) is 20.3 Å². The second-order valence-electron chi connectivity index (χ2n) is 1.85. The predicted octanol–water partition coefficient (Wildman–Crippen LogP) is 0.615. The van der Waals surface area contributed by atoms with Crippen molar-refractivity contribution in [2.24, 2.45) is 0 Å². The highest BCUT2D eigenvalue weighted by molar-refractivity contribution is 5.89. The van der Waals surface area contributed by atoms with E-state index in [0.29, 0.717) is 6.42 Å². The van der Waals surface area contributed by atoms with Crippen molar-refractivity contribution in [1.29, 1.82) is 0 Å². The second kappa shape index (κ2) is 4.73. The number of nitrogens with one attached hydrogen (secondary N) is 1. The topological polar surface area (TPSA) is 46.2 Å². The van der Waals surface area contributed by atoms with Crippen molar-refractivity contribution in [3.8, 4) is 0 Å². The summed E-state index contributed by atoms with van der Waals surface area (Å²) in [5.74, 6) is -0.158. The Morgan fingerprint density at radius 2 is 2.10 bits per heavy atom. The van der Waals surface area contributed by atoms with Crippen LogP contribution in [0.2, 0.25) is 0 Å². The molecule has 0 rings (SSSR count). The van der Waals surface area contributed by atoms with Gasteiger partial charge >= 0.3 is 0 Å². The van der Waals surface area contributed by atoms with Crippen LogP contribution in [0.5, 0.6) is 0 Å². The van der Waals surface area contributed by atoms with Crippen LogP contribution in [-0.2, 0) is 9.59 Å². The number of carbonyl (C=O) groups excluding carboxylic acids is 2. The maximum Gasteiger partial charge on any atom is 0.220 e. The molecule has 1 N–H and O–H groups in total. The molecule has 0 aromatic rings. The first-order chi connectivity index (χ1) is 4.66. The Bertz CT molecular complexity index is 161. The van der Waals surface area contributed by atoms with Gasteiger partial charge in [-0.15, -0.1) is 0 Å². The van der Waals surface area contributed by atoms with E-state index in [2.05, 4.69) is 5.32 Å². The lowest BCUT2D eigenvalue weighted by molar-refractivity contribution is -0.118. The first kappa shape index (κ1) is 8.88. The van der Waals surface area contributed by atoms with E-state index in [1.165, 1.54) is 19.2 Å². The molecule has 0 unspecified atom stereocenters. The zero-order valence-corrected chi connectivity index (χ0v) is 6.18. The highest BCUT2D eigenvalue weighted by Gasteiger charge is 1.88. The largest absolute Gasteiger partial charge is 0.333 e. The van der Waals surface area contributed by atoms with Gasteiger partial charge in [0.25, 0.3) is 0 Å². The van der Waals surface area contributed by atoms with Gasteiger partial charge in [-0.05, 0) is 6.08 Å². The van der Waals surface area contributed by atoms with Crippen LogP contribution in [0.15, 0.2) is 12.3 Å². The van der Waals surface area contributed by atoms with Crippen molar-refractivity contribution >= 4 is 11.7 Å². The summed E-state index contributed by atoms with van der Waals surface area (Å²) in [6.07, 6.45) is 3.17. The third-order valence-electron chi connectivity index (χ3n) is 0.904. The molecule has 1 amide bonds. The number of allylic oxidation sites excluding steroid dienone is 1. The molecule has 0 atom stereocenters. The normalized spacial score (nSPS) is 9.80. The van der Waals surface area contributed by atoms with Crippen molar-refractivity contribution in [3.05, 3.63) is 12.3 Å². The lowest BCUT2D eigenvalue weighted by Gasteiger charge is -1.88. The number of hydrogen-bond donors (Lipinski definition) is 1. The summed E-state index contributed by atoms with van der Waals surface area (Å²) in [7, 11) is 0. The van der Waals surface area contributed by atoms with E-state index in [0.717, 1.165) is 0 Å². The Morgan fingerprint density at radius 1 is 1.50 bits per heavy atom. The van der Waals surface area contributed by atoms with E-state index in [9.17, 15) is 9.59 Å². The standard InChI is InChI=1S/C7H11NO2/c1-3-7(10)4-5-8-6(2)9/h4-5H,3H2,1-2H3,(H,8,9)/b5-4-. The van der Waals surface area contributed by atoms with Gasteiger partial charge in [-0.3, -0.25) is 9.59 Å². The minimum absolute atomic E-state index is 0.00810. The van der Waals surface area contributed by atoms with Crippen LogP contribution >= 0.6 is 0 Å². The summed E-state index contributed by atoms with van der Waals surface area (Å²) in [6, 6.07) is 0. The number of carbonyl (C=O) groups is 2. The average molecular weight is 141 g/mol. The van der Waals surface area contributed by atoms with Gasteiger partial charge in [-0.2, -0.15) is 0 Å². The molecule has 10 heavy (non-hydrogen) atoms. The second-order valence-corrected chi connectivity index (χ2v) is 1.85. The maximum absolute atomic E-state index is 10.6. The fourth-order valence-corrected chi connectivity index (χ4v) is 0.370. The van der Waals surface area contributed by atoms with Gasteiger partial charge in [0, 0.05) is 19.5 Å². The van der Waals surface area contributed by atoms with E-state index >= 15 is 0 Å². The van der Waals surface area contributed by atoms with Crippen LogP contribution in [0.3, 0.4) is 0 Å². The van der Waals surface area contributed by atoms with Crippen molar-refractivity contribution in [2.75, 3.05) is 0 Å². The number of ketones is 1. The summed E-state index contributed by atoms with van der Waals surface area (Å²) in [6.45, 7) is 3.15. The van der Waals surface area contributed by atoms with Gasteiger partial charge < -0.3 is 5.32 Å². The Hall–Kier alpha value is -1.12. The quantitative estimate of drug-likeness (QED) is 0.585. The predicted molar refractivity (Wildman–Crippen MR) is 38.3 cm³/mol. The minimum Gasteiger partial charge on any atom is -0.333 e. The average Bonchev–Trinajstić information content (AvgIpc) is 1.87. The van der Waals surface area contributed by atoms with Crippen LogP contribution < -0.4 is 5.32 Å². The smallest absolute Gasteiger partial charge is 0.220 e. The van der Waals surface area contributed by atoms with Gasteiger partial charge in [0.2, 0.25) is 5.91 Å². The van der Waals surface area contributed by atoms with Gasteiger partial charge in [0.05, 0.1) is 0 Å². The van der Waals surface area contributed by atoms with Crippen LogP contribution in [0.4, 0.5) is 0 Å². The summed E-state index contributed by atoms with van der Waals surface area (Å²) in [5, 5.41) is 2.37. The minimum atomic E-state index is -0.167. The number of amides is 1. The fraction of sp³-hybridized carbons (Fsp3) is 0.429. The molecule has 3 heteroatoms. The lowest BCUT2D eigenvalue weighted by Crippen LogP contribution is -2.12. The summed E-state index contributed by atoms with van der Waals surface area (Å²) < 4.78 is 0. The molecule has 0 aliphatic carbocycles. The lowest BCUT2D eigenvalue weighted by atomic mass is 10.3. The Morgan fingerprint density at radius 3 is 2.50 bits per heavy atom. The molecule has 0 aromatic carbocycles. The maximum atomic E-state index is 10.6. The Balaban J connectivity index is 3.56. The van der Waals surface area contributed by atoms with E-state index < -0.39 is 0 Å². The molecule has 0 spiro atoms. The Kier molecular flexibility index (Phi) is 4.20. The van der Waals surface area contributed by atoms with E-state index in [1.54, 1.807) is 6.92 Å². The zero-order valence-electron chi connectivity index (χ0n) is 6.18. The molecule has 0 aliphatic rings. The van der Waals surface area contributed by atoms with Gasteiger partial charge in [0.15, 0.2) is 5.78 Å². The molecule has 0 fully saturated rings. The molecular weight excluding hydrogens is 130 g/mol. The molecule has 56 valence electrons. The molecule has 0 heterocycles. The zero-order chi connectivity index (χ0) is 7.98. The van der Waals surface area contributed by atoms with Crippen LogP contribution in [-0.4, -0.2) is 11.7 Å². The highest BCUT2D eigenvalue weighted by atomic mass is 16.1. The van der Waals surface area contributed by atoms with Crippen molar-refractivity contribution in [2.45, 2.75) is 20.3 Å². The molecule has 0 bridgehead atoms. The third kappa shape index (κ3) is 5.03. The molecular formula is C7H11NO2. The van der Waals surface area contributed by atoms with Gasteiger partial charge in [-0.25, -0.2) is 0 Å². The number of rotatable bonds is 3. The first-order valence-corrected chi connectivity index (χ1v) is 3.13. The van der Waals surface area contributed by atoms with E-state index in [4.69, 9.17) is 0 Å². The van der Waals surface area contributed by atoms with E-state index in [1.807, 2.05) is 0 Å². The SMILES string of the molecule is CCC(=O)/C=C\NC(C)=O. The molecule has 0 aromatic heterocycles. The molecule has 3 nitrogen and oxygen atoms in total. The summed E-state index contributed by atoms with van der Waals surface area (Å²) >= 11 is 0. The number of hydrogen-bond acceptors (Lipinski definition) is 2. The molecule has 0 saturated heterocycles. The van der Waals surface area contributed by atoms with Crippen LogP contribution in [0.25, 0.3) is 0 Å². The first-order valence-electron chi connectivity index (χ1n) is 3.13. The monoisotopic (exact) mass is 141 g/mol. The van der Waals surface area contributed by atoms with Crippen LogP contribution in [0, 0.1) is 0 Å². The van der Waals surface area contributed by atoms with Gasteiger partial charge in [-0.1, -0.05) is 6.92 Å². The third-order valence-corrected chi connectivity index (χ3v) is 0.904.